The van der Waals surface area contributed by atoms with E-state index in [0.717, 1.165) is 25.7 Å². The molecule has 1 aliphatic rings. The van der Waals surface area contributed by atoms with Crippen molar-refractivity contribution in [2.75, 3.05) is 0 Å². The van der Waals surface area contributed by atoms with Gasteiger partial charge in [0.2, 0.25) is 5.91 Å². The molecule has 0 aliphatic heterocycles. The molecule has 0 radical (unpaired) electrons. The number of nitrogens with one attached hydrogen (secondary N) is 1. The van der Waals surface area contributed by atoms with E-state index < -0.39 is 0 Å². The Labute approximate surface area is 119 Å². The van der Waals surface area contributed by atoms with Crippen molar-refractivity contribution in [1.82, 2.24) is 5.32 Å². The van der Waals surface area contributed by atoms with E-state index in [4.69, 9.17) is 5.73 Å². The Morgan fingerprint density at radius 2 is 2.11 bits per heavy atom. The van der Waals surface area contributed by atoms with Crippen LogP contribution >= 0.6 is 11.3 Å². The highest BCUT2D eigenvalue weighted by Gasteiger charge is 2.26. The van der Waals surface area contributed by atoms with Gasteiger partial charge in [-0.1, -0.05) is 19.3 Å². The number of rotatable bonds is 3. The first-order chi connectivity index (χ1) is 9.08. The average molecular weight is 280 g/mol. The molecule has 2 rings (SSSR count). The van der Waals surface area contributed by atoms with Crippen LogP contribution < -0.4 is 11.1 Å². The van der Waals surface area contributed by atoms with Crippen molar-refractivity contribution in [2.45, 2.75) is 58.5 Å². The summed E-state index contributed by atoms with van der Waals surface area (Å²) in [6, 6.07) is 2.20. The largest absolute Gasteiger partial charge is 0.351 e. The fourth-order valence-electron chi connectivity index (χ4n) is 2.70. The molecule has 19 heavy (non-hydrogen) atoms. The summed E-state index contributed by atoms with van der Waals surface area (Å²) < 4.78 is 0. The van der Waals surface area contributed by atoms with Crippen LogP contribution in [0.15, 0.2) is 6.07 Å². The van der Waals surface area contributed by atoms with Crippen LogP contribution in [0.25, 0.3) is 0 Å². The number of carbonyl (C=O) groups is 1. The molecule has 1 amide bonds. The first-order valence-electron chi connectivity index (χ1n) is 7.17. The number of hydrogen-bond donors (Lipinski definition) is 2. The zero-order chi connectivity index (χ0) is 13.8. The lowest BCUT2D eigenvalue weighted by atomic mass is 9.94. The normalized spacial score (nSPS) is 23.9. The fourth-order valence-corrected chi connectivity index (χ4v) is 3.70. The number of nitrogens with two attached hydrogens (primary N) is 1. The van der Waals surface area contributed by atoms with Gasteiger partial charge in [0, 0.05) is 15.8 Å². The monoisotopic (exact) mass is 280 g/mol. The molecular formula is C15H24N2OS. The Kier molecular flexibility index (Phi) is 4.99. The molecule has 2 unspecified atom stereocenters. The number of hydrogen-bond acceptors (Lipinski definition) is 3. The van der Waals surface area contributed by atoms with E-state index in [-0.39, 0.29) is 17.9 Å². The molecule has 4 heteroatoms. The van der Waals surface area contributed by atoms with Crippen LogP contribution in [0.1, 0.15) is 47.4 Å². The Bertz CT molecular complexity index is 422. The van der Waals surface area contributed by atoms with Gasteiger partial charge in [-0.15, -0.1) is 11.3 Å². The third-order valence-corrected chi connectivity index (χ3v) is 5.21. The second-order valence-corrected chi connectivity index (χ2v) is 6.92. The van der Waals surface area contributed by atoms with Crippen LogP contribution in [0.5, 0.6) is 0 Å². The second-order valence-electron chi connectivity index (χ2n) is 5.58. The highest BCUT2D eigenvalue weighted by atomic mass is 32.1. The summed E-state index contributed by atoms with van der Waals surface area (Å²) in [5, 5.41) is 3.06. The zero-order valence-corrected chi connectivity index (χ0v) is 12.7. The van der Waals surface area contributed by atoms with Crippen molar-refractivity contribution in [3.05, 3.63) is 21.4 Å². The van der Waals surface area contributed by atoms with E-state index in [0.29, 0.717) is 6.54 Å². The maximum atomic E-state index is 12.2. The van der Waals surface area contributed by atoms with Crippen LogP contribution in [0.4, 0.5) is 0 Å². The molecular weight excluding hydrogens is 256 g/mol. The maximum Gasteiger partial charge on any atom is 0.224 e. The molecule has 2 atom stereocenters. The van der Waals surface area contributed by atoms with E-state index >= 15 is 0 Å². The molecule has 1 aromatic heterocycles. The molecule has 1 heterocycles. The Hall–Kier alpha value is -0.870. The van der Waals surface area contributed by atoms with Gasteiger partial charge in [0.1, 0.15) is 0 Å². The van der Waals surface area contributed by atoms with Gasteiger partial charge in [0.05, 0.1) is 12.5 Å². The quantitative estimate of drug-likeness (QED) is 0.837. The summed E-state index contributed by atoms with van der Waals surface area (Å²) in [5.74, 6) is 0.141. The van der Waals surface area contributed by atoms with Crippen LogP contribution in [-0.2, 0) is 11.3 Å². The fraction of sp³-hybridized carbons (Fsp3) is 0.667. The summed E-state index contributed by atoms with van der Waals surface area (Å²) in [6.45, 7) is 4.87. The van der Waals surface area contributed by atoms with E-state index in [1.54, 1.807) is 11.3 Å². The number of aryl methyl sites for hydroxylation is 2. The smallest absolute Gasteiger partial charge is 0.224 e. The molecule has 1 saturated carbocycles. The van der Waals surface area contributed by atoms with Crippen molar-refractivity contribution in [3.63, 3.8) is 0 Å². The first kappa shape index (κ1) is 14.5. The van der Waals surface area contributed by atoms with Gasteiger partial charge in [-0.3, -0.25) is 4.79 Å². The van der Waals surface area contributed by atoms with Gasteiger partial charge >= 0.3 is 0 Å². The lowest BCUT2D eigenvalue weighted by Crippen LogP contribution is -2.40. The van der Waals surface area contributed by atoms with Crippen molar-refractivity contribution in [1.29, 1.82) is 0 Å². The van der Waals surface area contributed by atoms with Gasteiger partial charge in [-0.25, -0.2) is 0 Å². The van der Waals surface area contributed by atoms with E-state index in [1.165, 1.54) is 21.7 Å². The van der Waals surface area contributed by atoms with Crippen molar-refractivity contribution < 1.29 is 4.79 Å². The van der Waals surface area contributed by atoms with Crippen LogP contribution in [0.3, 0.4) is 0 Å². The molecule has 0 aromatic carbocycles. The molecule has 0 saturated heterocycles. The molecule has 0 spiro atoms. The Morgan fingerprint density at radius 1 is 1.37 bits per heavy atom. The number of thiophene rings is 1. The van der Waals surface area contributed by atoms with Gasteiger partial charge in [0.25, 0.3) is 0 Å². The van der Waals surface area contributed by atoms with Crippen molar-refractivity contribution in [3.8, 4) is 0 Å². The summed E-state index contributed by atoms with van der Waals surface area (Å²) in [7, 11) is 0. The summed E-state index contributed by atoms with van der Waals surface area (Å²) in [4.78, 5) is 14.8. The first-order valence-corrected chi connectivity index (χ1v) is 7.99. The van der Waals surface area contributed by atoms with Crippen LogP contribution in [0, 0.1) is 19.8 Å². The predicted octanol–water partition coefficient (Wildman–Crippen LogP) is 2.89. The Balaban J connectivity index is 1.89. The molecule has 0 bridgehead atoms. The number of carbonyl (C=O) groups excluding carboxylic acids is 1. The average Bonchev–Trinajstić information content (AvgIpc) is 2.58. The summed E-state index contributed by atoms with van der Waals surface area (Å²) in [5.41, 5.74) is 7.42. The third-order valence-electron chi connectivity index (χ3n) is 4.06. The molecule has 106 valence electrons. The lowest BCUT2D eigenvalue weighted by Gasteiger charge is -2.20. The van der Waals surface area contributed by atoms with Crippen LogP contribution in [-0.4, -0.2) is 11.9 Å². The topological polar surface area (TPSA) is 55.1 Å². The minimum atomic E-state index is 0.00431. The van der Waals surface area contributed by atoms with E-state index in [9.17, 15) is 4.79 Å². The third kappa shape index (κ3) is 3.80. The lowest BCUT2D eigenvalue weighted by molar-refractivity contribution is -0.125. The molecule has 3 nitrogen and oxygen atoms in total. The molecule has 1 fully saturated rings. The van der Waals surface area contributed by atoms with Gasteiger partial charge < -0.3 is 11.1 Å². The molecule has 1 aliphatic carbocycles. The standard InChI is InChI=1S/C15H24N2OS/c1-10-8-12(19-11(10)2)9-17-15(18)13-6-4-3-5-7-14(13)16/h8,13-14H,3-7,9,16H2,1-2H3,(H,17,18). The van der Waals surface area contributed by atoms with Gasteiger partial charge in [-0.05, 0) is 38.3 Å². The second kappa shape index (κ2) is 6.53. The van der Waals surface area contributed by atoms with Gasteiger partial charge in [0.15, 0.2) is 0 Å². The zero-order valence-electron chi connectivity index (χ0n) is 11.9. The highest BCUT2D eigenvalue weighted by molar-refractivity contribution is 7.12. The summed E-state index contributed by atoms with van der Waals surface area (Å²) in [6.07, 6.45) is 5.42. The minimum absolute atomic E-state index is 0.00431. The SMILES string of the molecule is Cc1cc(CNC(=O)C2CCCCCC2N)sc1C. The van der Waals surface area contributed by atoms with E-state index in [2.05, 4.69) is 25.2 Å². The highest BCUT2D eigenvalue weighted by Crippen LogP contribution is 2.23. The summed E-state index contributed by atoms with van der Waals surface area (Å²) >= 11 is 1.76. The van der Waals surface area contributed by atoms with Crippen LogP contribution in [0.2, 0.25) is 0 Å². The molecule has 1 aromatic rings. The van der Waals surface area contributed by atoms with Crippen molar-refractivity contribution >= 4 is 17.2 Å². The predicted molar refractivity (Wildman–Crippen MR) is 80.2 cm³/mol. The Morgan fingerprint density at radius 3 is 2.79 bits per heavy atom. The van der Waals surface area contributed by atoms with Crippen molar-refractivity contribution in [2.24, 2.45) is 11.7 Å². The minimum Gasteiger partial charge on any atom is -0.351 e. The molecule has 3 N–H and O–H groups in total. The van der Waals surface area contributed by atoms with Gasteiger partial charge in [-0.2, -0.15) is 0 Å². The maximum absolute atomic E-state index is 12.2. The van der Waals surface area contributed by atoms with E-state index in [1.807, 2.05) is 0 Å². The number of amides is 1.